The van der Waals surface area contributed by atoms with Gasteiger partial charge in [0.05, 0.1) is 39.7 Å². The van der Waals surface area contributed by atoms with Crippen LogP contribution in [0, 0.1) is 18.3 Å². The van der Waals surface area contributed by atoms with Gasteiger partial charge in [-0.3, -0.25) is 0 Å². The highest BCUT2D eigenvalue weighted by atomic mass is 16.5. The highest BCUT2D eigenvalue weighted by Crippen LogP contribution is 2.46. The van der Waals surface area contributed by atoms with E-state index in [9.17, 15) is 5.26 Å². The molecule has 0 unspecified atom stereocenters. The summed E-state index contributed by atoms with van der Waals surface area (Å²) < 4.78 is 21.8. The summed E-state index contributed by atoms with van der Waals surface area (Å²) in [5, 5.41) is 9.85. The highest BCUT2D eigenvalue weighted by Gasteiger charge is 2.25. The number of benzene rings is 2. The molecule has 7 heteroatoms. The molecule has 0 saturated carbocycles. The van der Waals surface area contributed by atoms with Gasteiger partial charge in [-0.05, 0) is 36.8 Å². The third-order valence-electron chi connectivity index (χ3n) is 4.91. The lowest BCUT2D eigenvalue weighted by Gasteiger charge is -2.20. The zero-order chi connectivity index (χ0) is 21.8. The summed E-state index contributed by atoms with van der Waals surface area (Å²) in [7, 11) is 6.27. The number of nitrogens with two attached hydrogens (primary N) is 1. The molecule has 0 aliphatic rings. The molecule has 30 heavy (non-hydrogen) atoms. The van der Waals surface area contributed by atoms with Crippen molar-refractivity contribution in [2.45, 2.75) is 6.92 Å². The monoisotopic (exact) mass is 405 g/mol. The molecule has 3 rings (SSSR count). The molecule has 3 aromatic rings. The molecule has 1 aromatic heterocycles. The molecule has 0 spiro atoms. The van der Waals surface area contributed by atoms with Crippen molar-refractivity contribution >= 4 is 5.82 Å². The third kappa shape index (κ3) is 3.55. The Balaban J connectivity index is 2.37. The van der Waals surface area contributed by atoms with E-state index in [1.807, 2.05) is 31.2 Å². The van der Waals surface area contributed by atoms with Crippen molar-refractivity contribution in [1.29, 1.82) is 5.26 Å². The van der Waals surface area contributed by atoms with Crippen molar-refractivity contribution in [1.82, 2.24) is 4.98 Å². The molecule has 0 aliphatic heterocycles. The maximum absolute atomic E-state index is 9.85. The highest BCUT2D eigenvalue weighted by molar-refractivity contribution is 5.90. The second-order valence-corrected chi connectivity index (χ2v) is 6.47. The Bertz CT molecular complexity index is 1090. The lowest BCUT2D eigenvalue weighted by atomic mass is 9.91. The molecule has 0 bridgehead atoms. The molecule has 0 radical (unpaired) electrons. The topological polar surface area (TPSA) is 99.6 Å². The van der Waals surface area contributed by atoms with Crippen LogP contribution >= 0.6 is 0 Å². The summed E-state index contributed by atoms with van der Waals surface area (Å²) in [6, 6.07) is 13.1. The number of anilines is 1. The zero-order valence-corrected chi connectivity index (χ0v) is 17.6. The first-order chi connectivity index (χ1) is 14.5. The average Bonchev–Trinajstić information content (AvgIpc) is 2.79. The summed E-state index contributed by atoms with van der Waals surface area (Å²) >= 11 is 0. The van der Waals surface area contributed by atoms with Crippen molar-refractivity contribution in [3.63, 3.8) is 0 Å². The van der Waals surface area contributed by atoms with Crippen LogP contribution in [0.25, 0.3) is 22.4 Å². The molecule has 2 N–H and O–H groups in total. The smallest absolute Gasteiger partial charge is 0.142 e. The van der Waals surface area contributed by atoms with Gasteiger partial charge < -0.3 is 24.7 Å². The van der Waals surface area contributed by atoms with Crippen LogP contribution in [0.15, 0.2) is 36.4 Å². The van der Waals surface area contributed by atoms with Gasteiger partial charge in [0.1, 0.15) is 40.4 Å². The van der Waals surface area contributed by atoms with Crippen molar-refractivity contribution in [3.8, 4) is 51.5 Å². The number of ether oxygens (including phenoxy) is 4. The first kappa shape index (κ1) is 20.8. The van der Waals surface area contributed by atoms with Crippen LogP contribution in [0.1, 0.15) is 11.1 Å². The molecule has 0 aliphatic carbocycles. The van der Waals surface area contributed by atoms with E-state index < -0.39 is 0 Å². The van der Waals surface area contributed by atoms with E-state index in [4.69, 9.17) is 24.7 Å². The number of nitrogen functional groups attached to an aromatic ring is 1. The van der Waals surface area contributed by atoms with Crippen LogP contribution < -0.4 is 24.7 Å². The van der Waals surface area contributed by atoms with Gasteiger partial charge in [0.15, 0.2) is 0 Å². The van der Waals surface area contributed by atoms with Crippen LogP contribution in [-0.2, 0) is 0 Å². The van der Waals surface area contributed by atoms with E-state index in [1.54, 1.807) is 40.6 Å². The van der Waals surface area contributed by atoms with Crippen molar-refractivity contribution in [2.75, 3.05) is 34.2 Å². The molecule has 7 nitrogen and oxygen atoms in total. The van der Waals surface area contributed by atoms with Gasteiger partial charge in [-0.25, -0.2) is 4.98 Å². The second-order valence-electron chi connectivity index (χ2n) is 6.47. The van der Waals surface area contributed by atoms with Gasteiger partial charge in [0.2, 0.25) is 0 Å². The summed E-state index contributed by atoms with van der Waals surface area (Å²) in [6.07, 6.45) is 0. The number of hydrogen-bond donors (Lipinski definition) is 1. The first-order valence-electron chi connectivity index (χ1n) is 9.14. The average molecular weight is 405 g/mol. The zero-order valence-electron chi connectivity index (χ0n) is 17.6. The van der Waals surface area contributed by atoms with Gasteiger partial charge in [-0.2, -0.15) is 5.26 Å². The van der Waals surface area contributed by atoms with E-state index in [1.165, 1.54) is 0 Å². The predicted octanol–water partition coefficient (Wildman–Crippen LogP) is 4.21. The minimum Gasteiger partial charge on any atom is -0.497 e. The second kappa shape index (κ2) is 8.62. The van der Waals surface area contributed by atoms with E-state index in [0.717, 1.165) is 16.9 Å². The van der Waals surface area contributed by atoms with E-state index in [0.29, 0.717) is 34.1 Å². The van der Waals surface area contributed by atoms with Gasteiger partial charge in [-0.15, -0.1) is 0 Å². The summed E-state index contributed by atoms with van der Waals surface area (Å²) in [6.45, 7) is 1.89. The van der Waals surface area contributed by atoms with Gasteiger partial charge in [0.25, 0.3) is 0 Å². The van der Waals surface area contributed by atoms with E-state index in [2.05, 4.69) is 11.1 Å². The molecule has 1 heterocycles. The Morgan fingerprint density at radius 3 is 1.87 bits per heavy atom. The Morgan fingerprint density at radius 1 is 0.833 bits per heavy atom. The fraction of sp³-hybridized carbons (Fsp3) is 0.217. The van der Waals surface area contributed by atoms with Crippen LogP contribution in [0.3, 0.4) is 0 Å². The number of hydrogen-bond acceptors (Lipinski definition) is 7. The molecular weight excluding hydrogens is 382 g/mol. The minimum absolute atomic E-state index is 0.129. The minimum atomic E-state index is 0.129. The number of nitrogens with zero attached hydrogens (tertiary/aromatic N) is 2. The SMILES string of the molecule is COc1ccc(-c2nc(N)c(C#N)c(-c3c(OC)cc(OC)cc3OC)c2C)cc1. The molecule has 0 saturated heterocycles. The Morgan fingerprint density at radius 2 is 1.40 bits per heavy atom. The molecule has 0 fully saturated rings. The largest absolute Gasteiger partial charge is 0.497 e. The van der Waals surface area contributed by atoms with E-state index >= 15 is 0 Å². The first-order valence-corrected chi connectivity index (χ1v) is 9.14. The van der Waals surface area contributed by atoms with Crippen LogP contribution in [0.4, 0.5) is 5.82 Å². The number of nitriles is 1. The van der Waals surface area contributed by atoms with Crippen LogP contribution in [-0.4, -0.2) is 33.4 Å². The molecular formula is C23H23N3O4. The van der Waals surface area contributed by atoms with E-state index in [-0.39, 0.29) is 11.4 Å². The third-order valence-corrected chi connectivity index (χ3v) is 4.91. The normalized spacial score (nSPS) is 10.3. The quantitative estimate of drug-likeness (QED) is 0.655. The van der Waals surface area contributed by atoms with Crippen molar-refractivity contribution in [2.24, 2.45) is 0 Å². The summed E-state index contributed by atoms with van der Waals surface area (Å²) in [4.78, 5) is 4.51. The standard InChI is InChI=1S/C23H23N3O4/c1-13-20(21-18(29-4)10-16(28-3)11-19(21)30-5)17(12-24)23(25)26-22(13)14-6-8-15(27-2)9-7-14/h6-11H,1-5H3,(H2,25,26). The maximum Gasteiger partial charge on any atom is 0.142 e. The lowest BCUT2D eigenvalue weighted by Crippen LogP contribution is -2.05. The van der Waals surface area contributed by atoms with Crippen molar-refractivity contribution in [3.05, 3.63) is 47.5 Å². The van der Waals surface area contributed by atoms with Gasteiger partial charge in [-0.1, -0.05) is 0 Å². The molecule has 2 aromatic carbocycles. The van der Waals surface area contributed by atoms with Gasteiger partial charge >= 0.3 is 0 Å². The number of pyridine rings is 1. The Hall–Kier alpha value is -3.92. The van der Waals surface area contributed by atoms with Gasteiger partial charge in [0, 0.05) is 23.3 Å². The van der Waals surface area contributed by atoms with Crippen LogP contribution in [0.5, 0.6) is 23.0 Å². The molecule has 0 amide bonds. The fourth-order valence-electron chi connectivity index (χ4n) is 3.40. The molecule has 154 valence electrons. The summed E-state index contributed by atoms with van der Waals surface area (Å²) in [5.74, 6) is 2.43. The number of methoxy groups -OCH3 is 4. The van der Waals surface area contributed by atoms with Crippen LogP contribution in [0.2, 0.25) is 0 Å². The van der Waals surface area contributed by atoms with Crippen molar-refractivity contribution < 1.29 is 18.9 Å². The Kier molecular flexibility index (Phi) is 5.98. The fourth-order valence-corrected chi connectivity index (χ4v) is 3.40. The maximum atomic E-state index is 9.85. The number of rotatable bonds is 6. The Labute approximate surface area is 175 Å². The number of aromatic nitrogens is 1. The summed E-state index contributed by atoms with van der Waals surface area (Å²) in [5.41, 5.74) is 9.95. The lowest BCUT2D eigenvalue weighted by molar-refractivity contribution is 0.377. The molecule has 0 atom stereocenters. The predicted molar refractivity (Wildman–Crippen MR) is 115 cm³/mol.